The highest BCUT2D eigenvalue weighted by atomic mass is 16.5. The molecular weight excluding hydrogens is 378 g/mol. The molecule has 7 heteroatoms. The van der Waals surface area contributed by atoms with Gasteiger partial charge in [-0.3, -0.25) is 9.47 Å². The summed E-state index contributed by atoms with van der Waals surface area (Å²) < 4.78 is 7.04. The molecule has 154 valence electrons. The average molecular weight is 403 g/mol. The number of nitrogens with one attached hydrogen (secondary N) is 1. The summed E-state index contributed by atoms with van der Waals surface area (Å²) >= 11 is 0. The second-order valence-corrected chi connectivity index (χ2v) is 7.92. The summed E-state index contributed by atoms with van der Waals surface area (Å²) in [5.41, 5.74) is 10.4. The Morgan fingerprint density at radius 1 is 1.07 bits per heavy atom. The minimum atomic E-state index is -0.192. The number of nitrogens with two attached hydrogens (primary N) is 1. The van der Waals surface area contributed by atoms with Crippen LogP contribution >= 0.6 is 0 Å². The van der Waals surface area contributed by atoms with E-state index in [1.807, 2.05) is 18.2 Å². The fourth-order valence-electron chi connectivity index (χ4n) is 4.33. The first-order valence-corrected chi connectivity index (χ1v) is 10.3. The number of likely N-dealkylation sites (tertiary alicyclic amines) is 1. The molecule has 5 rings (SSSR count). The summed E-state index contributed by atoms with van der Waals surface area (Å²) in [5, 5.41) is 0.865. The molecule has 0 radical (unpaired) electrons. The van der Waals surface area contributed by atoms with E-state index in [0.29, 0.717) is 29.1 Å². The number of H-pyrrole nitrogens is 1. The van der Waals surface area contributed by atoms with E-state index in [4.69, 9.17) is 10.5 Å². The molecular formula is C23H25N5O2. The van der Waals surface area contributed by atoms with Crippen LogP contribution in [0.3, 0.4) is 0 Å². The summed E-state index contributed by atoms with van der Waals surface area (Å²) in [7, 11) is 1.61. The Hall–Kier alpha value is -3.32. The number of pyridine rings is 1. The van der Waals surface area contributed by atoms with Crippen LogP contribution in [0, 0.1) is 0 Å². The summed E-state index contributed by atoms with van der Waals surface area (Å²) in [5.74, 6) is 1.01. The number of fused-ring (bicyclic) bond motifs is 3. The minimum absolute atomic E-state index is 0.192. The van der Waals surface area contributed by atoms with Gasteiger partial charge < -0.3 is 15.5 Å². The third-order valence-electron chi connectivity index (χ3n) is 5.91. The summed E-state index contributed by atoms with van der Waals surface area (Å²) in [4.78, 5) is 22.6. The van der Waals surface area contributed by atoms with Crippen LogP contribution < -0.4 is 16.2 Å². The molecule has 0 spiro atoms. The van der Waals surface area contributed by atoms with Crippen LogP contribution in [0.15, 0.2) is 47.3 Å². The Morgan fingerprint density at radius 2 is 1.77 bits per heavy atom. The normalized spacial score (nSPS) is 14.7. The number of anilines is 1. The monoisotopic (exact) mass is 403 g/mol. The number of aromatic nitrogens is 3. The zero-order chi connectivity index (χ0) is 20.7. The Morgan fingerprint density at radius 3 is 2.47 bits per heavy atom. The second-order valence-electron chi connectivity index (χ2n) is 7.92. The number of benzene rings is 2. The largest absolute Gasteiger partial charge is 0.497 e. The molecule has 0 bridgehead atoms. The predicted molar refractivity (Wildman–Crippen MR) is 119 cm³/mol. The van der Waals surface area contributed by atoms with Gasteiger partial charge in [0.05, 0.1) is 24.7 Å². The van der Waals surface area contributed by atoms with Crippen LogP contribution in [-0.4, -0.2) is 39.6 Å². The minimum Gasteiger partial charge on any atom is -0.497 e. The number of ether oxygens (including phenoxy) is 1. The molecule has 4 aromatic rings. The maximum absolute atomic E-state index is 12.8. The van der Waals surface area contributed by atoms with E-state index in [1.54, 1.807) is 11.7 Å². The van der Waals surface area contributed by atoms with E-state index >= 15 is 0 Å². The van der Waals surface area contributed by atoms with Gasteiger partial charge in [0.1, 0.15) is 17.1 Å². The van der Waals surface area contributed by atoms with Gasteiger partial charge in [-0.15, -0.1) is 0 Å². The van der Waals surface area contributed by atoms with Crippen molar-refractivity contribution in [2.75, 3.05) is 25.9 Å². The highest BCUT2D eigenvalue weighted by Gasteiger charge is 2.16. The first kappa shape index (κ1) is 18.7. The van der Waals surface area contributed by atoms with Gasteiger partial charge in [-0.25, -0.2) is 9.78 Å². The standard InChI is InChI=1S/C23H25N5O2/c1-30-17-8-9-18-19(12-17)25-22(24)20-21(18)28(23(29)26-20)14-16-6-4-15(5-7-16)13-27-10-2-3-11-27/h4-9,12H,2-3,10-11,13-14H2,1H3,(H2,24,25)(H,26,29). The summed E-state index contributed by atoms with van der Waals surface area (Å²) in [6.45, 7) is 3.81. The van der Waals surface area contributed by atoms with Crippen LogP contribution in [0.2, 0.25) is 0 Å². The van der Waals surface area contributed by atoms with Crippen molar-refractivity contribution in [3.05, 3.63) is 64.1 Å². The molecule has 2 aromatic heterocycles. The molecule has 0 aliphatic carbocycles. The molecule has 1 fully saturated rings. The fourth-order valence-corrected chi connectivity index (χ4v) is 4.33. The first-order valence-electron chi connectivity index (χ1n) is 10.3. The zero-order valence-corrected chi connectivity index (χ0v) is 17.0. The number of nitrogens with zero attached hydrogens (tertiary/aromatic N) is 3. The SMILES string of the molecule is COc1ccc2c(c1)nc(N)c1[nH]c(=O)n(Cc3ccc(CN4CCCC4)cc3)c12. The molecule has 3 heterocycles. The molecule has 7 nitrogen and oxygen atoms in total. The molecule has 1 aliphatic heterocycles. The maximum Gasteiger partial charge on any atom is 0.326 e. The van der Waals surface area contributed by atoms with Gasteiger partial charge in [-0.2, -0.15) is 0 Å². The van der Waals surface area contributed by atoms with Crippen molar-refractivity contribution in [3.8, 4) is 5.75 Å². The van der Waals surface area contributed by atoms with Gasteiger partial charge in [-0.1, -0.05) is 24.3 Å². The van der Waals surface area contributed by atoms with Crippen molar-refractivity contribution in [2.24, 2.45) is 0 Å². The lowest BCUT2D eigenvalue weighted by Gasteiger charge is -2.15. The number of rotatable bonds is 5. The number of hydrogen-bond acceptors (Lipinski definition) is 5. The van der Waals surface area contributed by atoms with Crippen molar-refractivity contribution in [1.29, 1.82) is 0 Å². The Balaban J connectivity index is 1.52. The Kier molecular flexibility index (Phi) is 4.67. The van der Waals surface area contributed by atoms with Crippen molar-refractivity contribution < 1.29 is 4.74 Å². The maximum atomic E-state index is 12.8. The van der Waals surface area contributed by atoms with Crippen LogP contribution in [0.4, 0.5) is 5.82 Å². The fraction of sp³-hybridized carbons (Fsp3) is 0.304. The van der Waals surface area contributed by atoms with E-state index in [9.17, 15) is 4.79 Å². The molecule has 1 aliphatic rings. The zero-order valence-electron chi connectivity index (χ0n) is 17.0. The van der Waals surface area contributed by atoms with Crippen molar-refractivity contribution >= 4 is 27.8 Å². The number of methoxy groups -OCH3 is 1. The Bertz CT molecular complexity index is 1270. The number of hydrogen-bond donors (Lipinski definition) is 2. The highest BCUT2D eigenvalue weighted by molar-refractivity contribution is 6.06. The topological polar surface area (TPSA) is 89.2 Å². The molecule has 0 atom stereocenters. The Labute approximate surface area is 174 Å². The van der Waals surface area contributed by atoms with Gasteiger partial charge in [-0.05, 0) is 49.2 Å². The molecule has 0 unspecified atom stereocenters. The predicted octanol–water partition coefficient (Wildman–Crippen LogP) is 3.11. The molecule has 1 saturated heterocycles. The van der Waals surface area contributed by atoms with Gasteiger partial charge >= 0.3 is 5.69 Å². The lowest BCUT2D eigenvalue weighted by molar-refractivity contribution is 0.331. The third kappa shape index (κ3) is 3.31. The van der Waals surface area contributed by atoms with Crippen molar-refractivity contribution in [3.63, 3.8) is 0 Å². The number of nitrogen functional groups attached to an aromatic ring is 1. The quantitative estimate of drug-likeness (QED) is 0.534. The summed E-state index contributed by atoms with van der Waals surface area (Å²) in [6, 6.07) is 14.2. The second kappa shape index (κ2) is 7.50. The molecule has 3 N–H and O–H groups in total. The van der Waals surface area contributed by atoms with E-state index in [-0.39, 0.29) is 5.69 Å². The van der Waals surface area contributed by atoms with Crippen LogP contribution in [0.25, 0.3) is 21.9 Å². The molecule has 0 amide bonds. The lowest BCUT2D eigenvalue weighted by Crippen LogP contribution is -2.19. The first-order chi connectivity index (χ1) is 14.6. The average Bonchev–Trinajstić information content (AvgIpc) is 3.38. The molecule has 30 heavy (non-hydrogen) atoms. The van der Waals surface area contributed by atoms with E-state index in [0.717, 1.165) is 23.0 Å². The lowest BCUT2D eigenvalue weighted by atomic mass is 10.1. The van der Waals surface area contributed by atoms with Crippen molar-refractivity contribution in [2.45, 2.75) is 25.9 Å². The third-order valence-corrected chi connectivity index (χ3v) is 5.91. The molecule has 2 aromatic carbocycles. The van der Waals surface area contributed by atoms with Crippen LogP contribution in [0.5, 0.6) is 5.75 Å². The van der Waals surface area contributed by atoms with Crippen LogP contribution in [0.1, 0.15) is 24.0 Å². The van der Waals surface area contributed by atoms with Gasteiger partial charge in [0.25, 0.3) is 0 Å². The highest BCUT2D eigenvalue weighted by Crippen LogP contribution is 2.29. The van der Waals surface area contributed by atoms with Gasteiger partial charge in [0.2, 0.25) is 0 Å². The smallest absolute Gasteiger partial charge is 0.326 e. The van der Waals surface area contributed by atoms with Crippen molar-refractivity contribution in [1.82, 2.24) is 19.4 Å². The van der Waals surface area contributed by atoms with Gasteiger partial charge in [0.15, 0.2) is 0 Å². The molecule has 0 saturated carbocycles. The van der Waals surface area contributed by atoms with Crippen LogP contribution in [-0.2, 0) is 13.1 Å². The van der Waals surface area contributed by atoms with E-state index in [1.165, 1.54) is 31.5 Å². The van der Waals surface area contributed by atoms with Gasteiger partial charge in [0, 0.05) is 18.0 Å². The van der Waals surface area contributed by atoms with E-state index in [2.05, 4.69) is 39.1 Å². The van der Waals surface area contributed by atoms with E-state index < -0.39 is 0 Å². The number of aromatic amines is 1. The summed E-state index contributed by atoms with van der Waals surface area (Å²) in [6.07, 6.45) is 2.58. The number of imidazole rings is 1.